The molecule has 19 heavy (non-hydrogen) atoms. The largest absolute Gasteiger partial charge is 0.493 e. The third-order valence-electron chi connectivity index (χ3n) is 2.47. The van der Waals surface area contributed by atoms with Gasteiger partial charge in [-0.3, -0.25) is 5.10 Å². The number of nitriles is 1. The monoisotopic (exact) mass is 278 g/mol. The molecule has 1 N–H and O–H groups in total. The fourth-order valence-electron chi connectivity index (χ4n) is 1.63. The SMILES string of the molecule is COc1cc(-c2n[nH]c(CC#N)n2)cc(Cl)c1OC. The molecule has 7 heteroatoms. The molecule has 0 aliphatic heterocycles. The van der Waals surface area contributed by atoms with Gasteiger partial charge >= 0.3 is 0 Å². The lowest BCUT2D eigenvalue weighted by Crippen LogP contribution is -1.93. The Bertz CT molecular complexity index is 633. The molecule has 6 nitrogen and oxygen atoms in total. The van der Waals surface area contributed by atoms with Crippen LogP contribution in [-0.4, -0.2) is 29.4 Å². The van der Waals surface area contributed by atoms with Crippen molar-refractivity contribution in [3.8, 4) is 29.0 Å². The minimum Gasteiger partial charge on any atom is -0.493 e. The minimum absolute atomic E-state index is 0.175. The molecule has 0 aliphatic carbocycles. The van der Waals surface area contributed by atoms with Crippen molar-refractivity contribution in [1.82, 2.24) is 15.2 Å². The smallest absolute Gasteiger partial charge is 0.181 e. The molecule has 98 valence electrons. The lowest BCUT2D eigenvalue weighted by atomic mass is 10.2. The normalized spacial score (nSPS) is 10.0. The van der Waals surface area contributed by atoms with E-state index in [0.717, 1.165) is 0 Å². The van der Waals surface area contributed by atoms with E-state index in [-0.39, 0.29) is 6.42 Å². The second-order valence-electron chi connectivity index (χ2n) is 3.63. The van der Waals surface area contributed by atoms with Crippen LogP contribution in [0.5, 0.6) is 11.5 Å². The summed E-state index contributed by atoms with van der Waals surface area (Å²) in [6.07, 6.45) is 0.175. The number of aromatic amines is 1. The molecule has 0 amide bonds. The highest BCUT2D eigenvalue weighted by molar-refractivity contribution is 6.32. The van der Waals surface area contributed by atoms with Gasteiger partial charge in [-0.2, -0.15) is 10.4 Å². The van der Waals surface area contributed by atoms with E-state index >= 15 is 0 Å². The van der Waals surface area contributed by atoms with Gasteiger partial charge in [0.15, 0.2) is 17.3 Å². The number of rotatable bonds is 4. The molecule has 0 saturated heterocycles. The van der Waals surface area contributed by atoms with Crippen LogP contribution in [-0.2, 0) is 6.42 Å². The zero-order valence-corrected chi connectivity index (χ0v) is 11.2. The van der Waals surface area contributed by atoms with E-state index in [1.807, 2.05) is 6.07 Å². The summed E-state index contributed by atoms with van der Waals surface area (Å²) in [5.74, 6) is 1.91. The lowest BCUT2D eigenvalue weighted by Gasteiger charge is -2.10. The maximum Gasteiger partial charge on any atom is 0.181 e. The highest BCUT2D eigenvalue weighted by atomic mass is 35.5. The lowest BCUT2D eigenvalue weighted by molar-refractivity contribution is 0.355. The maximum atomic E-state index is 8.60. The van der Waals surface area contributed by atoms with Gasteiger partial charge < -0.3 is 9.47 Å². The number of nitrogens with zero attached hydrogens (tertiary/aromatic N) is 3. The quantitative estimate of drug-likeness (QED) is 0.927. The van der Waals surface area contributed by atoms with Crippen LogP contribution in [0.1, 0.15) is 5.82 Å². The number of nitrogens with one attached hydrogen (secondary N) is 1. The molecule has 0 spiro atoms. The Hall–Kier alpha value is -2.26. The summed E-state index contributed by atoms with van der Waals surface area (Å²) in [6.45, 7) is 0. The molecule has 1 aromatic carbocycles. The number of hydrogen-bond acceptors (Lipinski definition) is 5. The van der Waals surface area contributed by atoms with Crippen LogP contribution >= 0.6 is 11.6 Å². The van der Waals surface area contributed by atoms with Crippen LogP contribution in [0.2, 0.25) is 5.02 Å². The van der Waals surface area contributed by atoms with E-state index in [0.29, 0.717) is 33.7 Å². The molecule has 2 rings (SSSR count). The molecule has 2 aromatic rings. The topological polar surface area (TPSA) is 83.8 Å². The van der Waals surface area contributed by atoms with Gasteiger partial charge in [0.1, 0.15) is 5.82 Å². The highest BCUT2D eigenvalue weighted by Crippen LogP contribution is 2.38. The van der Waals surface area contributed by atoms with Crippen molar-refractivity contribution in [3.05, 3.63) is 23.0 Å². The van der Waals surface area contributed by atoms with Gasteiger partial charge in [-0.1, -0.05) is 11.6 Å². The second-order valence-corrected chi connectivity index (χ2v) is 4.04. The first-order valence-electron chi connectivity index (χ1n) is 5.39. The van der Waals surface area contributed by atoms with E-state index in [1.165, 1.54) is 14.2 Å². The summed E-state index contributed by atoms with van der Waals surface area (Å²) in [4.78, 5) is 4.20. The van der Waals surface area contributed by atoms with Crippen LogP contribution in [0.3, 0.4) is 0 Å². The van der Waals surface area contributed by atoms with Gasteiger partial charge in [-0.25, -0.2) is 4.98 Å². The Morgan fingerprint density at radius 3 is 2.79 bits per heavy atom. The van der Waals surface area contributed by atoms with Crippen molar-refractivity contribution in [2.45, 2.75) is 6.42 Å². The van der Waals surface area contributed by atoms with E-state index in [2.05, 4.69) is 15.2 Å². The molecular weight excluding hydrogens is 268 g/mol. The summed E-state index contributed by atoms with van der Waals surface area (Å²) < 4.78 is 10.4. The Labute approximate surface area is 114 Å². The van der Waals surface area contributed by atoms with Gasteiger partial charge in [-0.05, 0) is 12.1 Å². The first kappa shape index (κ1) is 13.2. The van der Waals surface area contributed by atoms with Gasteiger partial charge in [0, 0.05) is 5.56 Å². The summed E-state index contributed by atoms with van der Waals surface area (Å²) >= 11 is 6.11. The number of benzene rings is 1. The van der Waals surface area contributed by atoms with Gasteiger partial charge in [0.2, 0.25) is 0 Å². The molecule has 1 aromatic heterocycles. The van der Waals surface area contributed by atoms with E-state index in [9.17, 15) is 0 Å². The zero-order chi connectivity index (χ0) is 13.8. The van der Waals surface area contributed by atoms with Gasteiger partial charge in [-0.15, -0.1) is 0 Å². The van der Waals surface area contributed by atoms with Crippen LogP contribution in [0, 0.1) is 11.3 Å². The fourth-order valence-corrected chi connectivity index (χ4v) is 1.91. The Morgan fingerprint density at radius 2 is 2.16 bits per heavy atom. The van der Waals surface area contributed by atoms with Crippen LogP contribution in [0.25, 0.3) is 11.4 Å². The number of methoxy groups -OCH3 is 2. The van der Waals surface area contributed by atoms with Crippen molar-refractivity contribution < 1.29 is 9.47 Å². The molecule has 0 radical (unpaired) electrons. The average Bonchev–Trinajstić information content (AvgIpc) is 2.86. The standard InChI is InChI=1S/C12H11ClN4O2/c1-18-9-6-7(5-8(13)11(9)19-2)12-15-10(3-4-14)16-17-12/h5-6H,3H2,1-2H3,(H,15,16,17). The predicted octanol–water partition coefficient (Wildman–Crippen LogP) is 2.21. The van der Waals surface area contributed by atoms with Crippen molar-refractivity contribution in [2.24, 2.45) is 0 Å². The van der Waals surface area contributed by atoms with Crippen molar-refractivity contribution in [1.29, 1.82) is 5.26 Å². The fraction of sp³-hybridized carbons (Fsp3) is 0.250. The van der Waals surface area contributed by atoms with Crippen molar-refractivity contribution in [3.63, 3.8) is 0 Å². The molecule has 0 saturated carbocycles. The molecule has 0 fully saturated rings. The summed E-state index contributed by atoms with van der Waals surface area (Å²) in [5.41, 5.74) is 0.683. The molecule has 0 bridgehead atoms. The summed E-state index contributed by atoms with van der Waals surface area (Å²) in [5, 5.41) is 15.7. The van der Waals surface area contributed by atoms with E-state index < -0.39 is 0 Å². The summed E-state index contributed by atoms with van der Waals surface area (Å²) in [6, 6.07) is 5.41. The number of H-pyrrole nitrogens is 1. The first-order chi connectivity index (χ1) is 9.19. The number of hydrogen-bond donors (Lipinski definition) is 1. The van der Waals surface area contributed by atoms with Crippen molar-refractivity contribution >= 4 is 11.6 Å². The highest BCUT2D eigenvalue weighted by Gasteiger charge is 2.14. The van der Waals surface area contributed by atoms with Crippen LogP contribution in [0.15, 0.2) is 12.1 Å². The zero-order valence-electron chi connectivity index (χ0n) is 10.4. The number of halogens is 1. The number of aromatic nitrogens is 3. The van der Waals surface area contributed by atoms with Gasteiger partial charge in [0.05, 0.1) is 31.7 Å². The molecule has 1 heterocycles. The summed E-state index contributed by atoms with van der Waals surface area (Å²) in [7, 11) is 3.04. The van der Waals surface area contributed by atoms with Crippen LogP contribution in [0.4, 0.5) is 0 Å². The Morgan fingerprint density at radius 1 is 1.37 bits per heavy atom. The van der Waals surface area contributed by atoms with E-state index in [1.54, 1.807) is 12.1 Å². The predicted molar refractivity (Wildman–Crippen MR) is 69.2 cm³/mol. The molecular formula is C12H11ClN4O2. The average molecular weight is 279 g/mol. The molecule has 0 atom stereocenters. The van der Waals surface area contributed by atoms with E-state index in [4.69, 9.17) is 26.3 Å². The third kappa shape index (κ3) is 2.61. The number of ether oxygens (including phenoxy) is 2. The third-order valence-corrected chi connectivity index (χ3v) is 2.75. The van der Waals surface area contributed by atoms with Gasteiger partial charge in [0.25, 0.3) is 0 Å². The maximum absolute atomic E-state index is 8.60. The molecule has 0 aliphatic rings. The second kappa shape index (κ2) is 5.59. The molecule has 0 unspecified atom stereocenters. The Balaban J connectivity index is 2.44. The van der Waals surface area contributed by atoms with Crippen LogP contribution < -0.4 is 9.47 Å². The minimum atomic E-state index is 0.175. The van der Waals surface area contributed by atoms with Crippen molar-refractivity contribution in [2.75, 3.05) is 14.2 Å². The first-order valence-corrected chi connectivity index (χ1v) is 5.77. The Kier molecular flexibility index (Phi) is 3.88.